The van der Waals surface area contributed by atoms with E-state index < -0.39 is 0 Å². The first-order chi connectivity index (χ1) is 10.0. The Labute approximate surface area is 133 Å². The van der Waals surface area contributed by atoms with Crippen molar-refractivity contribution in [1.82, 2.24) is 4.90 Å². The Kier molecular flexibility index (Phi) is 5.91. The Morgan fingerprint density at radius 2 is 2.14 bits per heavy atom. The normalized spacial score (nSPS) is 24.1. The molecule has 0 bridgehead atoms. The number of halogens is 1. The molecule has 1 heterocycles. The molecule has 1 aliphatic heterocycles. The van der Waals surface area contributed by atoms with Crippen LogP contribution >= 0.6 is 11.6 Å². The Balaban J connectivity index is 2.43. The van der Waals surface area contributed by atoms with Gasteiger partial charge in [-0.3, -0.25) is 4.90 Å². The number of nitrogens with zero attached hydrogens (tertiary/aromatic N) is 1. The fourth-order valence-electron chi connectivity index (χ4n) is 3.32. The molecule has 21 heavy (non-hydrogen) atoms. The van der Waals surface area contributed by atoms with Crippen LogP contribution in [0.15, 0.2) is 18.2 Å². The summed E-state index contributed by atoms with van der Waals surface area (Å²) in [5.74, 6) is 1.45. The van der Waals surface area contributed by atoms with Gasteiger partial charge in [0.25, 0.3) is 0 Å². The number of methoxy groups -OCH3 is 1. The summed E-state index contributed by atoms with van der Waals surface area (Å²) in [5.41, 5.74) is 7.57. The van der Waals surface area contributed by atoms with Gasteiger partial charge in [0.2, 0.25) is 0 Å². The highest BCUT2D eigenvalue weighted by Gasteiger charge is 2.32. The van der Waals surface area contributed by atoms with Crippen molar-refractivity contribution in [2.75, 3.05) is 20.2 Å². The van der Waals surface area contributed by atoms with Gasteiger partial charge in [-0.1, -0.05) is 37.9 Å². The van der Waals surface area contributed by atoms with Gasteiger partial charge in [-0.25, -0.2) is 0 Å². The minimum Gasteiger partial charge on any atom is -0.496 e. The van der Waals surface area contributed by atoms with Crippen molar-refractivity contribution >= 4 is 11.6 Å². The van der Waals surface area contributed by atoms with Crippen LogP contribution in [0, 0.1) is 5.92 Å². The third-order valence-electron chi connectivity index (χ3n) is 4.16. The summed E-state index contributed by atoms with van der Waals surface area (Å²) in [6.07, 6.45) is 3.41. The van der Waals surface area contributed by atoms with E-state index in [1.54, 1.807) is 7.11 Å². The third kappa shape index (κ3) is 3.91. The smallest absolute Gasteiger partial charge is 0.125 e. The topological polar surface area (TPSA) is 38.5 Å². The van der Waals surface area contributed by atoms with E-state index in [9.17, 15) is 0 Å². The number of rotatable bonds is 4. The molecule has 1 aromatic rings. The summed E-state index contributed by atoms with van der Waals surface area (Å²) in [6, 6.07) is 6.08. The molecule has 2 unspecified atom stereocenters. The Morgan fingerprint density at radius 3 is 2.81 bits per heavy atom. The van der Waals surface area contributed by atoms with Crippen LogP contribution < -0.4 is 10.5 Å². The quantitative estimate of drug-likeness (QED) is 0.917. The molecule has 2 N–H and O–H groups in total. The average Bonchev–Trinajstić information content (AvgIpc) is 2.60. The summed E-state index contributed by atoms with van der Waals surface area (Å²) in [5, 5.41) is 0.755. The molecule has 0 amide bonds. The van der Waals surface area contributed by atoms with Crippen LogP contribution in [0.2, 0.25) is 5.02 Å². The van der Waals surface area contributed by atoms with E-state index in [2.05, 4.69) is 18.7 Å². The number of benzene rings is 1. The molecule has 118 valence electrons. The van der Waals surface area contributed by atoms with Crippen molar-refractivity contribution in [1.29, 1.82) is 0 Å². The third-order valence-corrected chi connectivity index (χ3v) is 4.49. The average molecular weight is 311 g/mol. The maximum atomic E-state index is 6.51. The van der Waals surface area contributed by atoms with E-state index in [-0.39, 0.29) is 12.1 Å². The Hall–Kier alpha value is -0.770. The molecular weight excluding hydrogens is 284 g/mol. The first-order valence-corrected chi connectivity index (χ1v) is 8.24. The van der Waals surface area contributed by atoms with Gasteiger partial charge in [-0.2, -0.15) is 0 Å². The van der Waals surface area contributed by atoms with Gasteiger partial charge in [0, 0.05) is 23.2 Å². The van der Waals surface area contributed by atoms with Gasteiger partial charge in [0.05, 0.1) is 13.2 Å². The molecular formula is C17H27ClN2O. The van der Waals surface area contributed by atoms with E-state index >= 15 is 0 Å². The Bertz CT molecular complexity index is 464. The van der Waals surface area contributed by atoms with E-state index in [1.165, 1.54) is 12.8 Å². The predicted molar refractivity (Wildman–Crippen MR) is 89.0 cm³/mol. The van der Waals surface area contributed by atoms with Crippen LogP contribution in [-0.4, -0.2) is 31.1 Å². The van der Waals surface area contributed by atoms with Crippen molar-refractivity contribution in [3.05, 3.63) is 28.8 Å². The minimum atomic E-state index is 0.0973. The van der Waals surface area contributed by atoms with Crippen molar-refractivity contribution in [3.8, 4) is 5.75 Å². The zero-order valence-corrected chi connectivity index (χ0v) is 14.1. The molecule has 3 nitrogen and oxygen atoms in total. The summed E-state index contributed by atoms with van der Waals surface area (Å²) in [6.45, 7) is 6.60. The van der Waals surface area contributed by atoms with E-state index in [4.69, 9.17) is 22.1 Å². The SMILES string of the molecule is COc1cccc(Cl)c1C1C(N)CCCCN1CC(C)C. The maximum Gasteiger partial charge on any atom is 0.125 e. The van der Waals surface area contributed by atoms with Gasteiger partial charge in [0.1, 0.15) is 5.75 Å². The van der Waals surface area contributed by atoms with Crippen LogP contribution in [0.5, 0.6) is 5.75 Å². The lowest BCUT2D eigenvalue weighted by molar-refractivity contribution is 0.163. The zero-order valence-electron chi connectivity index (χ0n) is 13.3. The number of hydrogen-bond acceptors (Lipinski definition) is 3. The number of hydrogen-bond donors (Lipinski definition) is 1. The molecule has 0 saturated carbocycles. The highest BCUT2D eigenvalue weighted by atomic mass is 35.5. The highest BCUT2D eigenvalue weighted by Crippen LogP contribution is 2.39. The Morgan fingerprint density at radius 1 is 1.38 bits per heavy atom. The molecule has 1 aliphatic rings. The summed E-state index contributed by atoms with van der Waals surface area (Å²) >= 11 is 6.50. The molecule has 0 aliphatic carbocycles. The van der Waals surface area contributed by atoms with E-state index in [0.717, 1.165) is 35.8 Å². The van der Waals surface area contributed by atoms with Crippen molar-refractivity contribution in [2.24, 2.45) is 11.7 Å². The lowest BCUT2D eigenvalue weighted by Crippen LogP contribution is -2.41. The second-order valence-corrected chi connectivity index (χ2v) is 6.76. The van der Waals surface area contributed by atoms with Crippen molar-refractivity contribution < 1.29 is 4.74 Å². The molecule has 2 rings (SSSR count). The number of likely N-dealkylation sites (tertiary alicyclic amines) is 1. The molecule has 1 aromatic carbocycles. The van der Waals surface area contributed by atoms with Gasteiger partial charge < -0.3 is 10.5 Å². The fourth-order valence-corrected chi connectivity index (χ4v) is 3.59. The van der Waals surface area contributed by atoms with Crippen LogP contribution in [0.1, 0.15) is 44.7 Å². The highest BCUT2D eigenvalue weighted by molar-refractivity contribution is 6.31. The zero-order chi connectivity index (χ0) is 15.4. The standard InChI is InChI=1S/C17H27ClN2O/c1-12(2)11-20-10-5-4-8-14(19)17(20)16-13(18)7-6-9-15(16)21-3/h6-7,9,12,14,17H,4-5,8,10-11,19H2,1-3H3. The van der Waals surface area contributed by atoms with Crippen LogP contribution in [0.25, 0.3) is 0 Å². The first kappa shape index (κ1) is 16.6. The van der Waals surface area contributed by atoms with Gasteiger partial charge in [0.15, 0.2) is 0 Å². The molecule has 2 atom stereocenters. The minimum absolute atomic E-state index is 0.0973. The van der Waals surface area contributed by atoms with Gasteiger partial charge >= 0.3 is 0 Å². The number of nitrogens with two attached hydrogens (primary N) is 1. The van der Waals surface area contributed by atoms with Crippen LogP contribution in [-0.2, 0) is 0 Å². The van der Waals surface area contributed by atoms with Gasteiger partial charge in [-0.05, 0) is 37.4 Å². The predicted octanol–water partition coefficient (Wildman–Crippen LogP) is 3.86. The van der Waals surface area contributed by atoms with Gasteiger partial charge in [-0.15, -0.1) is 0 Å². The molecule has 4 heteroatoms. The molecule has 0 aromatic heterocycles. The molecule has 1 fully saturated rings. The van der Waals surface area contributed by atoms with Crippen molar-refractivity contribution in [3.63, 3.8) is 0 Å². The van der Waals surface area contributed by atoms with E-state index in [1.807, 2.05) is 18.2 Å². The van der Waals surface area contributed by atoms with Crippen LogP contribution in [0.4, 0.5) is 0 Å². The second-order valence-electron chi connectivity index (χ2n) is 6.35. The van der Waals surface area contributed by atoms with Crippen LogP contribution in [0.3, 0.4) is 0 Å². The molecule has 1 saturated heterocycles. The van der Waals surface area contributed by atoms with Crippen molar-refractivity contribution in [2.45, 2.75) is 45.2 Å². The largest absolute Gasteiger partial charge is 0.496 e. The lowest BCUT2D eigenvalue weighted by atomic mass is 9.94. The molecule has 0 spiro atoms. The summed E-state index contributed by atoms with van der Waals surface area (Å²) in [7, 11) is 1.70. The molecule has 0 radical (unpaired) electrons. The summed E-state index contributed by atoms with van der Waals surface area (Å²) < 4.78 is 5.56. The summed E-state index contributed by atoms with van der Waals surface area (Å²) in [4.78, 5) is 2.49. The fraction of sp³-hybridized carbons (Fsp3) is 0.647. The van der Waals surface area contributed by atoms with E-state index in [0.29, 0.717) is 5.92 Å². The number of ether oxygens (including phenoxy) is 1. The monoisotopic (exact) mass is 310 g/mol. The first-order valence-electron chi connectivity index (χ1n) is 7.86. The maximum absolute atomic E-state index is 6.51. The second kappa shape index (κ2) is 7.48. The lowest BCUT2D eigenvalue weighted by Gasteiger charge is -2.36.